The van der Waals surface area contributed by atoms with Gasteiger partial charge in [-0.1, -0.05) is 70.4 Å². The molecular weight excluding hydrogens is 592 g/mol. The molecule has 0 bridgehead atoms. The van der Waals surface area contributed by atoms with Gasteiger partial charge >= 0.3 is 12.2 Å². The molecule has 0 rings (SSSR count). The number of rotatable bonds is 27. The molecule has 0 heterocycles. The maximum atomic E-state index is 12.9. The molecule has 0 atom stereocenters. The molecule has 0 aliphatic carbocycles. The summed E-state index contributed by atoms with van der Waals surface area (Å²) in [4.78, 5) is 41.3. The Bertz CT molecular complexity index is 835. The lowest BCUT2D eigenvalue weighted by Gasteiger charge is -2.29. The van der Waals surface area contributed by atoms with Crippen molar-refractivity contribution < 1.29 is 23.9 Å². The van der Waals surface area contributed by atoms with Crippen LogP contribution >= 0.6 is 0 Å². The molecule has 0 aromatic carbocycles. The zero-order valence-electron chi connectivity index (χ0n) is 31.6. The molecular formula is C38H74N4O5. The number of carbonyl (C=O) groups excluding carboxylic acids is 3. The highest BCUT2D eigenvalue weighted by Gasteiger charge is 2.23. The van der Waals surface area contributed by atoms with E-state index >= 15 is 0 Å². The number of carbonyl (C=O) groups is 3. The fourth-order valence-electron chi connectivity index (χ4n) is 5.07. The van der Waals surface area contributed by atoms with E-state index in [0.29, 0.717) is 65.0 Å². The Kier molecular flexibility index (Phi) is 26.3. The molecule has 9 heteroatoms. The van der Waals surface area contributed by atoms with E-state index in [0.717, 1.165) is 25.7 Å². The zero-order valence-corrected chi connectivity index (χ0v) is 31.6. The predicted molar refractivity (Wildman–Crippen MR) is 196 cm³/mol. The Balaban J connectivity index is 4.30. The molecule has 47 heavy (non-hydrogen) atoms. The van der Waals surface area contributed by atoms with Crippen molar-refractivity contribution in [3.8, 4) is 0 Å². The van der Waals surface area contributed by atoms with Gasteiger partial charge in [0.25, 0.3) is 0 Å². The maximum absolute atomic E-state index is 12.9. The Morgan fingerprint density at radius 1 is 0.596 bits per heavy atom. The van der Waals surface area contributed by atoms with Gasteiger partial charge in [0.1, 0.15) is 11.2 Å². The number of allylic oxidation sites excluding steroid dienone is 2. The molecule has 0 saturated heterocycles. The van der Waals surface area contributed by atoms with Crippen molar-refractivity contribution in [3.63, 3.8) is 0 Å². The summed E-state index contributed by atoms with van der Waals surface area (Å²) in [6.07, 6.45) is 23.4. The Labute approximate surface area is 289 Å². The molecule has 9 nitrogen and oxygen atoms in total. The van der Waals surface area contributed by atoms with Crippen molar-refractivity contribution >= 4 is 18.1 Å². The van der Waals surface area contributed by atoms with Crippen LogP contribution in [0.3, 0.4) is 0 Å². The summed E-state index contributed by atoms with van der Waals surface area (Å²) in [5, 5.41) is 3.01. The first kappa shape index (κ1) is 44.7. The summed E-state index contributed by atoms with van der Waals surface area (Å²) in [6, 6.07) is 0. The van der Waals surface area contributed by atoms with Gasteiger partial charge in [0.05, 0.1) is 0 Å². The highest BCUT2D eigenvalue weighted by atomic mass is 16.6. The molecule has 0 saturated carbocycles. The second-order valence-corrected chi connectivity index (χ2v) is 14.8. The van der Waals surface area contributed by atoms with Crippen LogP contribution in [-0.4, -0.2) is 78.4 Å². The number of nitrogens with zero attached hydrogens (tertiary/aromatic N) is 2. The van der Waals surface area contributed by atoms with Crippen molar-refractivity contribution in [3.05, 3.63) is 12.2 Å². The predicted octanol–water partition coefficient (Wildman–Crippen LogP) is 9.13. The second kappa shape index (κ2) is 27.6. The van der Waals surface area contributed by atoms with E-state index in [9.17, 15) is 14.4 Å². The molecule has 0 aromatic rings. The SMILES string of the molecule is CCCCCCCC/C=C/CCCCCCCC(=O)NCCCN(CCCCN(CCCN)C(=O)OC(C)(C)C)C(=O)OC(C)(C)C. The van der Waals surface area contributed by atoms with Crippen LogP contribution in [0.1, 0.15) is 164 Å². The van der Waals surface area contributed by atoms with E-state index < -0.39 is 11.2 Å². The lowest BCUT2D eigenvalue weighted by Crippen LogP contribution is -2.40. The summed E-state index contributed by atoms with van der Waals surface area (Å²) in [5.41, 5.74) is 4.51. The summed E-state index contributed by atoms with van der Waals surface area (Å²) in [6.45, 7) is 16.5. The molecule has 0 aromatic heterocycles. The first-order valence-corrected chi connectivity index (χ1v) is 18.9. The fourth-order valence-corrected chi connectivity index (χ4v) is 5.07. The Hall–Kier alpha value is -2.29. The summed E-state index contributed by atoms with van der Waals surface area (Å²) < 4.78 is 11.2. The summed E-state index contributed by atoms with van der Waals surface area (Å²) in [5.74, 6) is 0.0751. The van der Waals surface area contributed by atoms with Crippen LogP contribution in [-0.2, 0) is 14.3 Å². The van der Waals surface area contributed by atoms with Gasteiger partial charge in [-0.2, -0.15) is 0 Å². The quantitative estimate of drug-likeness (QED) is 0.0668. The van der Waals surface area contributed by atoms with Gasteiger partial charge < -0.3 is 30.3 Å². The van der Waals surface area contributed by atoms with Crippen molar-refractivity contribution in [1.29, 1.82) is 0 Å². The van der Waals surface area contributed by atoms with Gasteiger partial charge in [0.15, 0.2) is 0 Å². The number of hydrogen-bond acceptors (Lipinski definition) is 6. The minimum Gasteiger partial charge on any atom is -0.444 e. The van der Waals surface area contributed by atoms with Crippen LogP contribution in [0, 0.1) is 0 Å². The number of unbranched alkanes of at least 4 members (excludes halogenated alkanes) is 12. The average molecular weight is 667 g/mol. The molecule has 276 valence electrons. The van der Waals surface area contributed by atoms with Crippen LogP contribution in [0.5, 0.6) is 0 Å². The molecule has 0 aliphatic rings. The normalized spacial score (nSPS) is 11.9. The topological polar surface area (TPSA) is 114 Å². The van der Waals surface area contributed by atoms with E-state index in [1.165, 1.54) is 64.2 Å². The smallest absolute Gasteiger partial charge is 0.410 e. The molecule has 0 fully saturated rings. The van der Waals surface area contributed by atoms with E-state index in [4.69, 9.17) is 15.2 Å². The van der Waals surface area contributed by atoms with Crippen LogP contribution in [0.15, 0.2) is 12.2 Å². The summed E-state index contributed by atoms with van der Waals surface area (Å²) >= 11 is 0. The van der Waals surface area contributed by atoms with Crippen molar-refractivity contribution in [2.45, 2.75) is 175 Å². The van der Waals surface area contributed by atoms with Crippen molar-refractivity contribution in [1.82, 2.24) is 15.1 Å². The first-order chi connectivity index (χ1) is 22.3. The van der Waals surface area contributed by atoms with Gasteiger partial charge in [-0.15, -0.1) is 0 Å². The molecule has 3 N–H and O–H groups in total. The molecule has 0 aliphatic heterocycles. The molecule has 0 spiro atoms. The minimum atomic E-state index is -0.594. The highest BCUT2D eigenvalue weighted by Crippen LogP contribution is 2.14. The maximum Gasteiger partial charge on any atom is 0.410 e. The number of nitrogens with one attached hydrogen (secondary N) is 1. The number of hydrogen-bond donors (Lipinski definition) is 2. The third-order valence-corrected chi connectivity index (χ3v) is 7.63. The van der Waals surface area contributed by atoms with Crippen LogP contribution < -0.4 is 11.1 Å². The van der Waals surface area contributed by atoms with E-state index in [1.54, 1.807) is 9.80 Å². The zero-order chi connectivity index (χ0) is 35.4. The summed E-state index contributed by atoms with van der Waals surface area (Å²) in [7, 11) is 0. The van der Waals surface area contributed by atoms with Crippen molar-refractivity contribution in [2.24, 2.45) is 5.73 Å². The van der Waals surface area contributed by atoms with E-state index in [2.05, 4.69) is 24.4 Å². The molecule has 0 radical (unpaired) electrons. The van der Waals surface area contributed by atoms with Gasteiger partial charge in [0, 0.05) is 39.1 Å². The first-order valence-electron chi connectivity index (χ1n) is 18.9. The standard InChI is InChI=1S/C38H74N4O5/c1-8-9-10-11-12-13-14-15-16-17-18-19-20-21-22-27-34(43)40-29-26-33-42(36(45)47-38(5,6)7)31-24-23-30-41(32-25-28-39)35(44)46-37(2,3)4/h15-16H,8-14,17-33,39H2,1-7H3,(H,40,43)/b16-15+. The lowest BCUT2D eigenvalue weighted by molar-refractivity contribution is -0.121. The Morgan fingerprint density at radius 3 is 1.49 bits per heavy atom. The van der Waals surface area contributed by atoms with Crippen molar-refractivity contribution in [2.75, 3.05) is 39.3 Å². The van der Waals surface area contributed by atoms with Gasteiger partial charge in [0.2, 0.25) is 5.91 Å². The Morgan fingerprint density at radius 2 is 1.02 bits per heavy atom. The highest BCUT2D eigenvalue weighted by molar-refractivity contribution is 5.75. The third kappa shape index (κ3) is 29.6. The largest absolute Gasteiger partial charge is 0.444 e. The monoisotopic (exact) mass is 667 g/mol. The van der Waals surface area contributed by atoms with E-state index in [-0.39, 0.29) is 18.1 Å². The number of ether oxygens (including phenoxy) is 2. The average Bonchev–Trinajstić information content (AvgIpc) is 2.97. The molecule has 3 amide bonds. The van der Waals surface area contributed by atoms with Gasteiger partial charge in [-0.3, -0.25) is 4.79 Å². The minimum absolute atomic E-state index is 0.0751. The van der Waals surface area contributed by atoms with Gasteiger partial charge in [-0.05, 0) is 106 Å². The number of nitrogens with two attached hydrogens (primary N) is 1. The van der Waals surface area contributed by atoms with Crippen LogP contribution in [0.4, 0.5) is 9.59 Å². The van der Waals surface area contributed by atoms with E-state index in [1.807, 2.05) is 41.5 Å². The molecule has 0 unspecified atom stereocenters. The van der Waals surface area contributed by atoms with Crippen LogP contribution in [0.25, 0.3) is 0 Å². The van der Waals surface area contributed by atoms with Crippen LogP contribution in [0.2, 0.25) is 0 Å². The second-order valence-electron chi connectivity index (χ2n) is 14.8. The number of amides is 3. The third-order valence-electron chi connectivity index (χ3n) is 7.63. The lowest BCUT2D eigenvalue weighted by atomic mass is 10.1. The fraction of sp³-hybridized carbons (Fsp3) is 0.868. The van der Waals surface area contributed by atoms with Gasteiger partial charge in [-0.25, -0.2) is 9.59 Å².